The molecule has 0 bridgehead atoms. The molecular formula is C38H72Cl2N8. The SMILES string of the molecule is CCN(CC)CCCC1=CN(CCC(Cc2ccccc2)N(CC)CC)NN(CCC(Cc2ccccc2)N(CC)CC)C1.Cl.Cl.N.N. The Kier molecular flexibility index (Phi) is 28.3. The molecule has 0 saturated heterocycles. The highest BCUT2D eigenvalue weighted by molar-refractivity contribution is 5.85. The van der Waals surface area contributed by atoms with Gasteiger partial charge in [-0.05, 0) is 101 Å². The summed E-state index contributed by atoms with van der Waals surface area (Å²) in [5.41, 5.74) is 8.27. The molecular weight excluding hydrogens is 639 g/mol. The van der Waals surface area contributed by atoms with Crippen molar-refractivity contribution in [3.8, 4) is 0 Å². The third-order valence-electron chi connectivity index (χ3n) is 9.59. The zero-order chi connectivity index (χ0) is 31.6. The van der Waals surface area contributed by atoms with E-state index in [0.29, 0.717) is 12.1 Å². The van der Waals surface area contributed by atoms with Gasteiger partial charge in [-0.2, -0.15) is 5.53 Å². The van der Waals surface area contributed by atoms with Crippen molar-refractivity contribution < 1.29 is 0 Å². The summed E-state index contributed by atoms with van der Waals surface area (Å²) in [6.07, 6.45) is 9.33. The van der Waals surface area contributed by atoms with Crippen molar-refractivity contribution in [2.75, 3.05) is 65.4 Å². The lowest BCUT2D eigenvalue weighted by atomic mass is 10.0. The monoisotopic (exact) mass is 711 g/mol. The number of nitrogens with one attached hydrogen (secondary N) is 1. The van der Waals surface area contributed by atoms with Crippen LogP contribution in [-0.4, -0.2) is 102 Å². The lowest BCUT2D eigenvalue weighted by molar-refractivity contribution is 0.0331. The fraction of sp³-hybridized carbons (Fsp3) is 0.632. The summed E-state index contributed by atoms with van der Waals surface area (Å²) < 4.78 is 0. The van der Waals surface area contributed by atoms with Crippen LogP contribution in [0.5, 0.6) is 0 Å². The largest absolute Gasteiger partial charge is 0.344 e. The summed E-state index contributed by atoms with van der Waals surface area (Å²) in [4.78, 5) is 7.84. The van der Waals surface area contributed by atoms with Gasteiger partial charge in [-0.3, -0.25) is 0 Å². The van der Waals surface area contributed by atoms with Gasteiger partial charge in [0, 0.05) is 37.9 Å². The zero-order valence-electron chi connectivity index (χ0n) is 31.3. The molecule has 0 fully saturated rings. The van der Waals surface area contributed by atoms with Gasteiger partial charge >= 0.3 is 0 Å². The molecule has 1 aliphatic heterocycles. The molecule has 2 aromatic rings. The number of hydrogen-bond acceptors (Lipinski definition) is 8. The highest BCUT2D eigenvalue weighted by Crippen LogP contribution is 2.19. The molecule has 1 aliphatic rings. The normalized spacial score (nSPS) is 14.4. The van der Waals surface area contributed by atoms with E-state index in [1.165, 1.54) is 24.1 Å². The van der Waals surface area contributed by atoms with Gasteiger partial charge in [0.1, 0.15) is 0 Å². The number of halogens is 2. The van der Waals surface area contributed by atoms with Crippen LogP contribution in [0.1, 0.15) is 78.4 Å². The second-order valence-corrected chi connectivity index (χ2v) is 12.3. The minimum absolute atomic E-state index is 0. The predicted octanol–water partition coefficient (Wildman–Crippen LogP) is 7.88. The molecule has 8 nitrogen and oxygen atoms in total. The van der Waals surface area contributed by atoms with Crippen LogP contribution in [0, 0.1) is 0 Å². The van der Waals surface area contributed by atoms with E-state index in [1.54, 1.807) is 5.57 Å². The van der Waals surface area contributed by atoms with Gasteiger partial charge in [0.25, 0.3) is 0 Å². The third-order valence-corrected chi connectivity index (χ3v) is 9.59. The molecule has 48 heavy (non-hydrogen) atoms. The van der Waals surface area contributed by atoms with E-state index >= 15 is 0 Å². The molecule has 1 heterocycles. The topological polar surface area (TPSA) is 98.2 Å². The maximum atomic E-state index is 3.84. The minimum Gasteiger partial charge on any atom is -0.344 e. The smallest absolute Gasteiger partial charge is 0.0376 e. The van der Waals surface area contributed by atoms with Crippen LogP contribution < -0.4 is 17.8 Å². The molecule has 0 spiro atoms. The first kappa shape index (κ1) is 48.4. The lowest BCUT2D eigenvalue weighted by Crippen LogP contribution is -2.54. The summed E-state index contributed by atoms with van der Waals surface area (Å²) in [7, 11) is 0. The predicted molar refractivity (Wildman–Crippen MR) is 214 cm³/mol. The van der Waals surface area contributed by atoms with E-state index in [-0.39, 0.29) is 37.1 Å². The average Bonchev–Trinajstić information content (AvgIpc) is 3.06. The van der Waals surface area contributed by atoms with Gasteiger partial charge in [-0.15, -0.1) is 24.8 Å². The van der Waals surface area contributed by atoms with Gasteiger partial charge in [-0.1, -0.05) is 102 Å². The average molecular weight is 712 g/mol. The molecule has 0 radical (unpaired) electrons. The Morgan fingerprint density at radius 1 is 0.646 bits per heavy atom. The van der Waals surface area contributed by atoms with E-state index in [4.69, 9.17) is 0 Å². The Bertz CT molecular complexity index is 1030. The Morgan fingerprint density at radius 2 is 1.10 bits per heavy atom. The maximum Gasteiger partial charge on any atom is 0.0376 e. The molecule has 0 aromatic heterocycles. The molecule has 2 aromatic carbocycles. The highest BCUT2D eigenvalue weighted by atomic mass is 35.5. The van der Waals surface area contributed by atoms with Crippen molar-refractivity contribution in [1.82, 2.24) is 42.6 Å². The van der Waals surface area contributed by atoms with Crippen LogP contribution in [0.25, 0.3) is 0 Å². The van der Waals surface area contributed by atoms with Gasteiger partial charge in [0.05, 0.1) is 0 Å². The third kappa shape index (κ3) is 16.8. The summed E-state index contributed by atoms with van der Waals surface area (Å²) in [6.45, 7) is 24.7. The van der Waals surface area contributed by atoms with Crippen molar-refractivity contribution in [2.45, 2.75) is 92.2 Å². The summed E-state index contributed by atoms with van der Waals surface area (Å²) in [6, 6.07) is 23.2. The number of nitrogens with zero attached hydrogens (tertiary/aromatic N) is 5. The van der Waals surface area contributed by atoms with Gasteiger partial charge in [0.15, 0.2) is 0 Å². The Morgan fingerprint density at radius 3 is 1.54 bits per heavy atom. The summed E-state index contributed by atoms with van der Waals surface area (Å²) in [5, 5.41) is 4.90. The van der Waals surface area contributed by atoms with E-state index in [0.717, 1.165) is 91.0 Å². The van der Waals surface area contributed by atoms with Gasteiger partial charge in [-0.25, -0.2) is 5.01 Å². The Hall–Kier alpha value is -1.72. The number of benzene rings is 2. The minimum atomic E-state index is 0. The molecule has 10 heteroatoms. The number of hydrazine groups is 2. The fourth-order valence-corrected chi connectivity index (χ4v) is 6.88. The fourth-order valence-electron chi connectivity index (χ4n) is 6.88. The van der Waals surface area contributed by atoms with E-state index < -0.39 is 0 Å². The van der Waals surface area contributed by atoms with Crippen LogP contribution in [-0.2, 0) is 12.8 Å². The van der Waals surface area contributed by atoms with E-state index in [1.807, 2.05) is 0 Å². The maximum absolute atomic E-state index is 3.84. The number of likely N-dealkylation sites (N-methyl/N-ethyl adjacent to an activating group) is 2. The molecule has 2 unspecified atom stereocenters. The van der Waals surface area contributed by atoms with Crippen molar-refractivity contribution >= 4 is 24.8 Å². The molecule has 7 N–H and O–H groups in total. The molecule has 0 aliphatic carbocycles. The molecule has 0 amide bonds. The lowest BCUT2D eigenvalue weighted by Gasteiger charge is -2.39. The Balaban J connectivity index is 0. The highest BCUT2D eigenvalue weighted by Gasteiger charge is 2.23. The van der Waals surface area contributed by atoms with Crippen molar-refractivity contribution in [3.63, 3.8) is 0 Å². The molecule has 0 saturated carbocycles. The van der Waals surface area contributed by atoms with Crippen molar-refractivity contribution in [3.05, 3.63) is 83.6 Å². The van der Waals surface area contributed by atoms with Crippen molar-refractivity contribution in [2.24, 2.45) is 0 Å². The first-order valence-electron chi connectivity index (χ1n) is 17.8. The van der Waals surface area contributed by atoms with Crippen LogP contribution in [0.15, 0.2) is 72.4 Å². The first-order chi connectivity index (χ1) is 21.5. The Labute approximate surface area is 307 Å². The summed E-state index contributed by atoms with van der Waals surface area (Å²) >= 11 is 0. The van der Waals surface area contributed by atoms with Crippen LogP contribution in [0.3, 0.4) is 0 Å². The number of hydrogen-bond donors (Lipinski definition) is 3. The summed E-state index contributed by atoms with van der Waals surface area (Å²) in [5.74, 6) is 0. The van der Waals surface area contributed by atoms with E-state index in [9.17, 15) is 0 Å². The van der Waals surface area contributed by atoms with Gasteiger partial charge in [0.2, 0.25) is 0 Å². The van der Waals surface area contributed by atoms with E-state index in [2.05, 4.69) is 139 Å². The standard InChI is InChI=1S/C38H64N6.2ClH.2H3N/c1-7-40(8-2)27-19-24-36-32-43(28-25-37(41(9-3)10-4)30-34-20-15-13-16-21-34)39-44(33-36)29-26-38(42(11-5)12-6)31-35-22-17-14-18-23-35;;;;/h13-18,20-23,32,37-39H,7-12,19,24-31,33H2,1-6H3;2*1H;2*1H3. The van der Waals surface area contributed by atoms with Crippen LogP contribution >= 0.6 is 24.8 Å². The van der Waals surface area contributed by atoms with Crippen molar-refractivity contribution in [1.29, 1.82) is 0 Å². The van der Waals surface area contributed by atoms with Crippen LogP contribution in [0.2, 0.25) is 0 Å². The molecule has 278 valence electrons. The molecule has 2 atom stereocenters. The second kappa shape index (κ2) is 28.0. The quantitative estimate of drug-likeness (QED) is 0.114. The number of rotatable bonds is 22. The van der Waals surface area contributed by atoms with Gasteiger partial charge < -0.3 is 32.0 Å². The van der Waals surface area contributed by atoms with Crippen LogP contribution in [0.4, 0.5) is 0 Å². The second-order valence-electron chi connectivity index (χ2n) is 12.3. The first-order valence-corrected chi connectivity index (χ1v) is 17.8. The molecule has 3 rings (SSSR count). The zero-order valence-corrected chi connectivity index (χ0v) is 32.9.